The topological polar surface area (TPSA) is 70.7 Å². The van der Waals surface area contributed by atoms with E-state index in [4.69, 9.17) is 11.6 Å². The van der Waals surface area contributed by atoms with Gasteiger partial charge in [-0.2, -0.15) is 0 Å². The average molecular weight is 327 g/mol. The highest BCUT2D eigenvalue weighted by molar-refractivity contribution is 6.35. The fourth-order valence-electron chi connectivity index (χ4n) is 3.24. The van der Waals surface area contributed by atoms with Crippen molar-refractivity contribution in [2.24, 2.45) is 0 Å². The van der Waals surface area contributed by atoms with Crippen molar-refractivity contribution >= 4 is 28.4 Å². The van der Waals surface area contributed by atoms with Crippen LogP contribution in [0, 0.1) is 0 Å². The van der Waals surface area contributed by atoms with Gasteiger partial charge in [0.2, 0.25) is 0 Å². The number of carbonyl (C=O) groups is 1. The van der Waals surface area contributed by atoms with Crippen LogP contribution in [0.5, 0.6) is 0 Å². The maximum atomic E-state index is 12.4. The molecular formula is C17H15ClN4O. The van der Waals surface area contributed by atoms with E-state index in [-0.39, 0.29) is 11.9 Å². The summed E-state index contributed by atoms with van der Waals surface area (Å²) in [4.78, 5) is 23.8. The van der Waals surface area contributed by atoms with E-state index in [0.29, 0.717) is 10.7 Å². The molecule has 23 heavy (non-hydrogen) atoms. The molecule has 2 aromatic heterocycles. The number of halogens is 1. The molecule has 6 heteroatoms. The zero-order valence-electron chi connectivity index (χ0n) is 12.3. The fraction of sp³-hybridized carbons (Fsp3) is 0.235. The van der Waals surface area contributed by atoms with E-state index < -0.39 is 0 Å². The third kappa shape index (κ3) is 2.47. The Balaban J connectivity index is 1.69. The number of hydrogen-bond donors (Lipinski definition) is 2. The molecule has 1 amide bonds. The van der Waals surface area contributed by atoms with Crippen molar-refractivity contribution in [2.45, 2.75) is 25.3 Å². The molecule has 0 bridgehead atoms. The van der Waals surface area contributed by atoms with Gasteiger partial charge in [0.1, 0.15) is 5.69 Å². The van der Waals surface area contributed by atoms with Crippen LogP contribution in [0.4, 0.5) is 0 Å². The minimum absolute atomic E-state index is 0.0586. The number of fused-ring (bicyclic) bond motifs is 3. The number of H-pyrrole nitrogens is 1. The van der Waals surface area contributed by atoms with Gasteiger partial charge in [-0.1, -0.05) is 23.7 Å². The summed E-state index contributed by atoms with van der Waals surface area (Å²) in [7, 11) is 0. The Morgan fingerprint density at radius 1 is 1.35 bits per heavy atom. The number of nitrogens with zero attached hydrogens (tertiary/aromatic N) is 2. The first-order valence-electron chi connectivity index (χ1n) is 7.60. The molecule has 1 aliphatic rings. The van der Waals surface area contributed by atoms with E-state index in [2.05, 4.69) is 26.3 Å². The second-order valence-electron chi connectivity index (χ2n) is 5.69. The van der Waals surface area contributed by atoms with Gasteiger partial charge in [0.05, 0.1) is 22.8 Å². The zero-order valence-corrected chi connectivity index (χ0v) is 13.1. The van der Waals surface area contributed by atoms with Gasteiger partial charge in [0.25, 0.3) is 5.91 Å². The van der Waals surface area contributed by atoms with E-state index in [9.17, 15) is 4.79 Å². The van der Waals surface area contributed by atoms with Gasteiger partial charge in [-0.05, 0) is 30.9 Å². The van der Waals surface area contributed by atoms with Crippen molar-refractivity contribution in [1.29, 1.82) is 0 Å². The quantitative estimate of drug-likeness (QED) is 0.758. The molecule has 1 atom stereocenters. The van der Waals surface area contributed by atoms with Gasteiger partial charge in [0, 0.05) is 23.5 Å². The van der Waals surface area contributed by atoms with Crippen LogP contribution in [0.2, 0.25) is 5.02 Å². The highest BCUT2D eigenvalue weighted by Crippen LogP contribution is 2.36. The molecule has 4 rings (SSSR count). The first kappa shape index (κ1) is 14.2. The summed E-state index contributed by atoms with van der Waals surface area (Å²) in [5, 5.41) is 4.90. The molecule has 0 saturated carbocycles. The number of benzene rings is 1. The Morgan fingerprint density at radius 3 is 3.09 bits per heavy atom. The molecule has 0 aliphatic heterocycles. The van der Waals surface area contributed by atoms with Crippen LogP contribution < -0.4 is 5.32 Å². The third-order valence-electron chi connectivity index (χ3n) is 4.29. The van der Waals surface area contributed by atoms with Crippen LogP contribution in [-0.4, -0.2) is 20.9 Å². The zero-order chi connectivity index (χ0) is 15.8. The van der Waals surface area contributed by atoms with E-state index in [1.807, 2.05) is 12.1 Å². The predicted octanol–water partition coefficient (Wildman–Crippen LogP) is 3.42. The lowest BCUT2D eigenvalue weighted by atomic mass is 9.91. The number of amides is 1. The second kappa shape index (κ2) is 5.66. The van der Waals surface area contributed by atoms with E-state index in [1.54, 1.807) is 6.20 Å². The van der Waals surface area contributed by atoms with Gasteiger partial charge >= 0.3 is 0 Å². The lowest BCUT2D eigenvalue weighted by Gasteiger charge is -2.23. The molecule has 2 N–H and O–H groups in total. The van der Waals surface area contributed by atoms with E-state index in [1.165, 1.54) is 18.0 Å². The average Bonchev–Trinajstić information content (AvgIpc) is 2.97. The Kier molecular flexibility index (Phi) is 3.50. The second-order valence-corrected chi connectivity index (χ2v) is 6.10. The fourth-order valence-corrected chi connectivity index (χ4v) is 3.47. The molecule has 0 fully saturated rings. The molecular weight excluding hydrogens is 312 g/mol. The summed E-state index contributed by atoms with van der Waals surface area (Å²) in [6, 6.07) is 5.85. The van der Waals surface area contributed by atoms with Crippen LogP contribution in [0.3, 0.4) is 0 Å². The first-order valence-corrected chi connectivity index (χ1v) is 7.97. The summed E-state index contributed by atoms with van der Waals surface area (Å²) in [5.41, 5.74) is 3.57. The van der Waals surface area contributed by atoms with Crippen LogP contribution in [0.25, 0.3) is 10.9 Å². The highest BCUT2D eigenvalue weighted by atomic mass is 35.5. The van der Waals surface area contributed by atoms with Crippen LogP contribution in [0.15, 0.2) is 36.8 Å². The van der Waals surface area contributed by atoms with Gasteiger partial charge in [-0.15, -0.1) is 0 Å². The molecule has 0 spiro atoms. The molecule has 2 heterocycles. The number of aromatic nitrogens is 3. The summed E-state index contributed by atoms with van der Waals surface area (Å²) in [6.45, 7) is 0. The standard InChI is InChI=1S/C17H15ClN4O/c18-12-5-1-3-10-11-4-2-6-13(16(11)22-15(10)12)21-17(23)14-9-19-7-8-20-14/h1,3,5,7-9,13,22H,2,4,6H2,(H,21,23)/t13-/m0/s1. The maximum absolute atomic E-state index is 12.4. The van der Waals surface area contributed by atoms with Gasteiger partial charge < -0.3 is 10.3 Å². The Labute approximate surface area is 138 Å². The lowest BCUT2D eigenvalue weighted by molar-refractivity contribution is 0.0926. The van der Waals surface area contributed by atoms with Crippen LogP contribution in [-0.2, 0) is 6.42 Å². The summed E-state index contributed by atoms with van der Waals surface area (Å²) in [6.07, 6.45) is 7.45. The lowest BCUT2D eigenvalue weighted by Crippen LogP contribution is -2.31. The summed E-state index contributed by atoms with van der Waals surface area (Å²) >= 11 is 6.29. The number of carbonyl (C=O) groups excluding carboxylic acids is 1. The molecule has 1 aromatic carbocycles. The molecule has 1 aliphatic carbocycles. The number of para-hydroxylation sites is 1. The van der Waals surface area contributed by atoms with E-state index in [0.717, 1.165) is 35.9 Å². The number of hydrogen-bond acceptors (Lipinski definition) is 3. The molecule has 0 unspecified atom stereocenters. The van der Waals surface area contributed by atoms with Crippen molar-refractivity contribution in [1.82, 2.24) is 20.3 Å². The molecule has 0 saturated heterocycles. The van der Waals surface area contributed by atoms with Gasteiger partial charge in [-0.25, -0.2) is 4.98 Å². The highest BCUT2D eigenvalue weighted by Gasteiger charge is 2.26. The minimum atomic E-state index is -0.208. The Bertz CT molecular complexity index is 875. The van der Waals surface area contributed by atoms with Gasteiger partial charge in [0.15, 0.2) is 0 Å². The molecule has 116 valence electrons. The van der Waals surface area contributed by atoms with Crippen LogP contribution in [0.1, 0.15) is 40.6 Å². The van der Waals surface area contributed by atoms with Crippen molar-refractivity contribution in [3.05, 3.63) is 58.8 Å². The normalized spacial score (nSPS) is 17.0. The maximum Gasteiger partial charge on any atom is 0.272 e. The van der Waals surface area contributed by atoms with Crippen molar-refractivity contribution in [3.63, 3.8) is 0 Å². The first-order chi connectivity index (χ1) is 11.2. The number of nitrogens with one attached hydrogen (secondary N) is 2. The smallest absolute Gasteiger partial charge is 0.272 e. The van der Waals surface area contributed by atoms with E-state index >= 15 is 0 Å². The SMILES string of the molecule is O=C(N[C@H]1CCCc2c1[nH]c1c(Cl)cccc21)c1cnccn1. The number of aromatic amines is 1. The van der Waals surface area contributed by atoms with Gasteiger partial charge in [-0.3, -0.25) is 9.78 Å². The predicted molar refractivity (Wildman–Crippen MR) is 88.5 cm³/mol. The Morgan fingerprint density at radius 2 is 2.26 bits per heavy atom. The van der Waals surface area contributed by atoms with Crippen molar-refractivity contribution in [3.8, 4) is 0 Å². The minimum Gasteiger partial charge on any atom is -0.355 e. The Hall–Kier alpha value is -2.40. The summed E-state index contributed by atoms with van der Waals surface area (Å²) < 4.78 is 0. The summed E-state index contributed by atoms with van der Waals surface area (Å²) in [5.74, 6) is -0.208. The van der Waals surface area contributed by atoms with Crippen LogP contribution >= 0.6 is 11.6 Å². The van der Waals surface area contributed by atoms with Crippen molar-refractivity contribution in [2.75, 3.05) is 0 Å². The number of rotatable bonds is 2. The van der Waals surface area contributed by atoms with Crippen molar-refractivity contribution < 1.29 is 4.79 Å². The monoisotopic (exact) mass is 326 g/mol. The third-order valence-corrected chi connectivity index (χ3v) is 4.61. The molecule has 3 aromatic rings. The largest absolute Gasteiger partial charge is 0.355 e. The molecule has 0 radical (unpaired) electrons. The number of aryl methyl sites for hydroxylation is 1. The molecule has 5 nitrogen and oxygen atoms in total.